The maximum absolute atomic E-state index is 10.5. The SMILES string of the molecule is CNC(C)C1CCCN(CC2(O)CCCC2)C1. The van der Waals surface area contributed by atoms with Gasteiger partial charge in [-0.05, 0) is 52.1 Å². The number of nitrogens with zero attached hydrogens (tertiary/aromatic N) is 1. The van der Waals surface area contributed by atoms with Crippen molar-refractivity contribution >= 4 is 0 Å². The molecular formula is C14H28N2O. The van der Waals surface area contributed by atoms with Crippen molar-refractivity contribution in [2.45, 2.75) is 57.1 Å². The molecule has 0 radical (unpaired) electrons. The van der Waals surface area contributed by atoms with Crippen LogP contribution in [0.5, 0.6) is 0 Å². The fraction of sp³-hybridized carbons (Fsp3) is 1.00. The summed E-state index contributed by atoms with van der Waals surface area (Å²) in [5.74, 6) is 0.749. The molecule has 0 aromatic heterocycles. The number of aliphatic hydroxyl groups is 1. The van der Waals surface area contributed by atoms with E-state index in [-0.39, 0.29) is 5.60 Å². The van der Waals surface area contributed by atoms with E-state index >= 15 is 0 Å². The lowest BCUT2D eigenvalue weighted by Crippen LogP contribution is -2.48. The monoisotopic (exact) mass is 240 g/mol. The van der Waals surface area contributed by atoms with Gasteiger partial charge in [-0.25, -0.2) is 0 Å². The van der Waals surface area contributed by atoms with Gasteiger partial charge in [-0.2, -0.15) is 0 Å². The normalized spacial score (nSPS) is 31.6. The second kappa shape index (κ2) is 5.68. The van der Waals surface area contributed by atoms with Crippen molar-refractivity contribution in [1.29, 1.82) is 0 Å². The van der Waals surface area contributed by atoms with Crippen molar-refractivity contribution in [2.24, 2.45) is 5.92 Å². The molecule has 17 heavy (non-hydrogen) atoms. The van der Waals surface area contributed by atoms with Crippen LogP contribution in [0.25, 0.3) is 0 Å². The van der Waals surface area contributed by atoms with Gasteiger partial charge in [0.2, 0.25) is 0 Å². The van der Waals surface area contributed by atoms with Gasteiger partial charge in [-0.15, -0.1) is 0 Å². The number of rotatable bonds is 4. The summed E-state index contributed by atoms with van der Waals surface area (Å²) in [5.41, 5.74) is -0.370. The standard InChI is InChI=1S/C14H28N2O/c1-12(15-2)13-6-5-9-16(10-13)11-14(17)7-3-4-8-14/h12-13,15,17H,3-11H2,1-2H3. The maximum Gasteiger partial charge on any atom is 0.0774 e. The van der Waals surface area contributed by atoms with Crippen LogP contribution in [-0.4, -0.2) is 48.3 Å². The Labute approximate surface area is 106 Å². The summed E-state index contributed by atoms with van der Waals surface area (Å²) in [5, 5.41) is 13.8. The first-order valence-corrected chi connectivity index (χ1v) is 7.25. The van der Waals surface area contributed by atoms with Gasteiger partial charge >= 0.3 is 0 Å². The van der Waals surface area contributed by atoms with Gasteiger partial charge in [0.25, 0.3) is 0 Å². The predicted molar refractivity (Wildman–Crippen MR) is 71.1 cm³/mol. The lowest BCUT2D eigenvalue weighted by atomic mass is 9.90. The molecule has 100 valence electrons. The summed E-state index contributed by atoms with van der Waals surface area (Å²) in [7, 11) is 2.05. The Hall–Kier alpha value is -0.120. The van der Waals surface area contributed by atoms with Gasteiger partial charge in [0.05, 0.1) is 5.60 Å². The zero-order chi connectivity index (χ0) is 12.3. The largest absolute Gasteiger partial charge is 0.389 e. The van der Waals surface area contributed by atoms with Gasteiger partial charge in [0.1, 0.15) is 0 Å². The summed E-state index contributed by atoms with van der Waals surface area (Å²) in [6.07, 6.45) is 7.05. The molecule has 2 rings (SSSR count). The van der Waals surface area contributed by atoms with E-state index in [2.05, 4.69) is 17.1 Å². The minimum Gasteiger partial charge on any atom is -0.389 e. The molecule has 0 amide bonds. The average Bonchev–Trinajstić information content (AvgIpc) is 2.75. The Kier molecular flexibility index (Phi) is 4.45. The summed E-state index contributed by atoms with van der Waals surface area (Å²) in [6, 6.07) is 0.594. The fourth-order valence-electron chi connectivity index (χ4n) is 3.49. The Balaban J connectivity index is 1.84. The topological polar surface area (TPSA) is 35.5 Å². The van der Waals surface area contributed by atoms with Crippen LogP contribution in [0, 0.1) is 5.92 Å². The van der Waals surface area contributed by atoms with Crippen molar-refractivity contribution < 1.29 is 5.11 Å². The van der Waals surface area contributed by atoms with E-state index < -0.39 is 0 Å². The second-order valence-electron chi connectivity index (χ2n) is 6.15. The zero-order valence-electron chi connectivity index (χ0n) is 11.4. The van der Waals surface area contributed by atoms with Crippen LogP contribution in [0.1, 0.15) is 45.4 Å². The van der Waals surface area contributed by atoms with Crippen molar-refractivity contribution in [2.75, 3.05) is 26.7 Å². The molecule has 0 bridgehead atoms. The second-order valence-corrected chi connectivity index (χ2v) is 6.15. The first kappa shape index (κ1) is 13.3. The lowest BCUT2D eigenvalue weighted by Gasteiger charge is -2.39. The minimum atomic E-state index is -0.370. The summed E-state index contributed by atoms with van der Waals surface area (Å²) >= 11 is 0. The Morgan fingerprint density at radius 2 is 2.06 bits per heavy atom. The number of nitrogens with one attached hydrogen (secondary N) is 1. The summed E-state index contributed by atoms with van der Waals surface area (Å²) < 4.78 is 0. The maximum atomic E-state index is 10.5. The molecule has 1 saturated carbocycles. The van der Waals surface area contributed by atoms with E-state index in [1.807, 2.05) is 7.05 Å². The van der Waals surface area contributed by atoms with Gasteiger partial charge in [-0.3, -0.25) is 0 Å². The fourth-order valence-corrected chi connectivity index (χ4v) is 3.49. The summed E-state index contributed by atoms with van der Waals surface area (Å²) in [6.45, 7) is 5.51. The molecule has 2 aliphatic rings. The van der Waals surface area contributed by atoms with Crippen molar-refractivity contribution in [3.05, 3.63) is 0 Å². The molecule has 3 nitrogen and oxygen atoms in total. The Morgan fingerprint density at radius 1 is 1.35 bits per heavy atom. The van der Waals surface area contributed by atoms with E-state index in [9.17, 15) is 5.11 Å². The van der Waals surface area contributed by atoms with Crippen LogP contribution in [0.15, 0.2) is 0 Å². The first-order chi connectivity index (χ1) is 8.13. The van der Waals surface area contributed by atoms with E-state index in [1.165, 1.54) is 32.2 Å². The van der Waals surface area contributed by atoms with Crippen molar-refractivity contribution in [1.82, 2.24) is 10.2 Å². The van der Waals surface area contributed by atoms with E-state index in [0.29, 0.717) is 6.04 Å². The predicted octanol–water partition coefficient (Wildman–Crippen LogP) is 1.61. The molecular weight excluding hydrogens is 212 g/mol. The van der Waals surface area contributed by atoms with Crippen LogP contribution >= 0.6 is 0 Å². The van der Waals surface area contributed by atoms with Gasteiger partial charge in [0, 0.05) is 19.1 Å². The van der Waals surface area contributed by atoms with Crippen LogP contribution in [-0.2, 0) is 0 Å². The first-order valence-electron chi connectivity index (χ1n) is 7.25. The molecule has 0 aromatic carbocycles. The van der Waals surface area contributed by atoms with Crippen molar-refractivity contribution in [3.8, 4) is 0 Å². The van der Waals surface area contributed by atoms with Gasteiger partial charge < -0.3 is 15.3 Å². The molecule has 1 saturated heterocycles. The number of β-amino-alcohol motifs (C(OH)–C–C–N with tert-alkyl or cyclic N) is 1. The van der Waals surface area contributed by atoms with E-state index in [1.54, 1.807) is 0 Å². The van der Waals surface area contributed by atoms with Crippen LogP contribution in [0.4, 0.5) is 0 Å². The third-order valence-corrected chi connectivity index (χ3v) is 4.76. The smallest absolute Gasteiger partial charge is 0.0774 e. The molecule has 0 spiro atoms. The molecule has 2 fully saturated rings. The number of likely N-dealkylation sites (tertiary alicyclic amines) is 1. The highest BCUT2D eigenvalue weighted by molar-refractivity contribution is 4.89. The molecule has 2 N–H and O–H groups in total. The number of hydrogen-bond donors (Lipinski definition) is 2. The highest BCUT2D eigenvalue weighted by Gasteiger charge is 2.35. The molecule has 1 aliphatic carbocycles. The van der Waals surface area contributed by atoms with Crippen LogP contribution < -0.4 is 5.32 Å². The number of hydrogen-bond acceptors (Lipinski definition) is 3. The van der Waals surface area contributed by atoms with Crippen LogP contribution in [0.2, 0.25) is 0 Å². The minimum absolute atomic E-state index is 0.370. The summed E-state index contributed by atoms with van der Waals surface area (Å²) in [4.78, 5) is 2.49. The zero-order valence-corrected chi connectivity index (χ0v) is 11.4. The third-order valence-electron chi connectivity index (χ3n) is 4.76. The van der Waals surface area contributed by atoms with E-state index in [4.69, 9.17) is 0 Å². The van der Waals surface area contributed by atoms with Crippen LogP contribution in [0.3, 0.4) is 0 Å². The quantitative estimate of drug-likeness (QED) is 0.784. The number of piperidine rings is 1. The lowest BCUT2D eigenvalue weighted by molar-refractivity contribution is -0.00428. The molecule has 1 aliphatic heterocycles. The van der Waals surface area contributed by atoms with Gasteiger partial charge in [-0.1, -0.05) is 12.8 Å². The molecule has 1 heterocycles. The highest BCUT2D eigenvalue weighted by atomic mass is 16.3. The Bertz CT molecular complexity index is 238. The third kappa shape index (κ3) is 3.43. The highest BCUT2D eigenvalue weighted by Crippen LogP contribution is 2.31. The van der Waals surface area contributed by atoms with Crippen molar-refractivity contribution in [3.63, 3.8) is 0 Å². The molecule has 0 aromatic rings. The Morgan fingerprint density at radius 3 is 2.71 bits per heavy atom. The average molecular weight is 240 g/mol. The molecule has 2 unspecified atom stereocenters. The van der Waals surface area contributed by atoms with E-state index in [0.717, 1.165) is 31.8 Å². The molecule has 2 atom stereocenters. The van der Waals surface area contributed by atoms with Gasteiger partial charge in [0.15, 0.2) is 0 Å². The molecule has 3 heteroatoms.